The predicted octanol–water partition coefficient (Wildman–Crippen LogP) is 3.03. The van der Waals surface area contributed by atoms with E-state index < -0.39 is 5.60 Å². The molecule has 0 spiro atoms. The number of nitrogens with one attached hydrogen (secondary N) is 2. The third kappa shape index (κ3) is 3.67. The van der Waals surface area contributed by atoms with E-state index in [-0.39, 0.29) is 0 Å². The summed E-state index contributed by atoms with van der Waals surface area (Å²) in [4.78, 5) is 4.20. The van der Waals surface area contributed by atoms with Crippen molar-refractivity contribution < 1.29 is 5.11 Å². The number of hydrazine groups is 1. The highest BCUT2D eigenvalue weighted by molar-refractivity contribution is 6.37. The zero-order chi connectivity index (χ0) is 14.8. The molecule has 1 aliphatic carbocycles. The van der Waals surface area contributed by atoms with E-state index >= 15 is 0 Å². The lowest BCUT2D eigenvalue weighted by Gasteiger charge is -2.35. The van der Waals surface area contributed by atoms with Gasteiger partial charge in [-0.05, 0) is 24.8 Å². The minimum atomic E-state index is -0.710. The van der Waals surface area contributed by atoms with Gasteiger partial charge in [0.05, 0.1) is 15.6 Å². The van der Waals surface area contributed by atoms with Crippen molar-refractivity contribution in [3.63, 3.8) is 0 Å². The highest BCUT2D eigenvalue weighted by Crippen LogP contribution is 2.33. The maximum absolute atomic E-state index is 10.6. The molecule has 0 radical (unpaired) electrons. The lowest BCUT2D eigenvalue weighted by molar-refractivity contribution is -0.000821. The SMILES string of the molecule is CC1CCCC(O)(CNc2nc(NN)c(Cl)cc2Cl)C1. The first kappa shape index (κ1) is 15.6. The molecule has 1 fully saturated rings. The smallest absolute Gasteiger partial charge is 0.161 e. The second-order valence-corrected chi connectivity index (χ2v) is 6.39. The molecule has 1 aromatic heterocycles. The van der Waals surface area contributed by atoms with Gasteiger partial charge in [0.25, 0.3) is 0 Å². The van der Waals surface area contributed by atoms with Crippen LogP contribution in [0.2, 0.25) is 10.0 Å². The maximum Gasteiger partial charge on any atom is 0.161 e. The Kier molecular flexibility index (Phi) is 4.96. The number of nitrogen functional groups attached to an aromatic ring is 1. The van der Waals surface area contributed by atoms with E-state index in [4.69, 9.17) is 29.0 Å². The Hall–Kier alpha value is -0.750. The highest BCUT2D eigenvalue weighted by Gasteiger charge is 2.32. The lowest BCUT2D eigenvalue weighted by Crippen LogP contribution is -2.41. The van der Waals surface area contributed by atoms with E-state index in [1.807, 2.05) is 0 Å². The van der Waals surface area contributed by atoms with Crippen LogP contribution in [0.25, 0.3) is 0 Å². The lowest BCUT2D eigenvalue weighted by atomic mass is 9.79. The third-order valence-electron chi connectivity index (χ3n) is 3.72. The Morgan fingerprint density at radius 1 is 1.45 bits per heavy atom. The number of hydrogen-bond donors (Lipinski definition) is 4. The van der Waals surface area contributed by atoms with Crippen LogP contribution in [0, 0.1) is 5.92 Å². The molecule has 1 heterocycles. The van der Waals surface area contributed by atoms with Gasteiger partial charge < -0.3 is 15.8 Å². The van der Waals surface area contributed by atoms with Gasteiger partial charge in [-0.3, -0.25) is 0 Å². The minimum absolute atomic E-state index is 0.350. The summed E-state index contributed by atoms with van der Waals surface area (Å²) in [6.45, 7) is 2.57. The van der Waals surface area contributed by atoms with E-state index in [1.54, 1.807) is 6.07 Å². The van der Waals surface area contributed by atoms with Crippen LogP contribution >= 0.6 is 23.2 Å². The van der Waals surface area contributed by atoms with Crippen LogP contribution in [0.4, 0.5) is 11.6 Å². The molecule has 112 valence electrons. The molecule has 0 amide bonds. The Balaban J connectivity index is 2.07. The Labute approximate surface area is 128 Å². The number of hydrogen-bond acceptors (Lipinski definition) is 5. The fraction of sp³-hybridized carbons (Fsp3) is 0.615. The molecule has 1 aromatic rings. The molecular weight excluding hydrogens is 299 g/mol. The van der Waals surface area contributed by atoms with Crippen LogP contribution in [0.15, 0.2) is 6.07 Å². The number of aromatic nitrogens is 1. The molecule has 20 heavy (non-hydrogen) atoms. The summed E-state index contributed by atoms with van der Waals surface area (Å²) in [6.07, 6.45) is 3.78. The summed E-state index contributed by atoms with van der Waals surface area (Å²) in [5.74, 6) is 6.69. The molecule has 0 saturated heterocycles. The first-order valence-corrected chi connectivity index (χ1v) is 7.48. The molecule has 0 bridgehead atoms. The van der Waals surface area contributed by atoms with Crippen LogP contribution in [-0.4, -0.2) is 22.2 Å². The largest absolute Gasteiger partial charge is 0.388 e. The molecular formula is C13H20Cl2N4O. The van der Waals surface area contributed by atoms with Gasteiger partial charge >= 0.3 is 0 Å². The Morgan fingerprint density at radius 2 is 2.15 bits per heavy atom. The van der Waals surface area contributed by atoms with E-state index in [0.29, 0.717) is 34.1 Å². The molecule has 1 aliphatic rings. The summed E-state index contributed by atoms with van der Waals surface area (Å²) < 4.78 is 0. The topological polar surface area (TPSA) is 83.2 Å². The van der Waals surface area contributed by atoms with Gasteiger partial charge in [-0.25, -0.2) is 10.8 Å². The first-order valence-electron chi connectivity index (χ1n) is 6.72. The van der Waals surface area contributed by atoms with E-state index in [1.165, 1.54) is 6.42 Å². The third-order valence-corrected chi connectivity index (χ3v) is 4.29. The minimum Gasteiger partial charge on any atom is -0.388 e. The fourth-order valence-corrected chi connectivity index (χ4v) is 3.21. The molecule has 0 aromatic carbocycles. The zero-order valence-corrected chi connectivity index (χ0v) is 12.9. The van der Waals surface area contributed by atoms with E-state index in [9.17, 15) is 5.11 Å². The number of nitrogens with zero attached hydrogens (tertiary/aromatic N) is 1. The van der Waals surface area contributed by atoms with Crippen molar-refractivity contribution in [2.24, 2.45) is 11.8 Å². The molecule has 0 aliphatic heterocycles. The summed E-state index contributed by atoms with van der Waals surface area (Å²) in [5.41, 5.74) is 1.70. The van der Waals surface area contributed by atoms with Crippen LogP contribution in [0.5, 0.6) is 0 Å². The van der Waals surface area contributed by atoms with Gasteiger partial charge in [-0.1, -0.05) is 43.0 Å². The number of halogens is 2. The average molecular weight is 319 g/mol. The van der Waals surface area contributed by atoms with Crippen LogP contribution in [-0.2, 0) is 0 Å². The second kappa shape index (κ2) is 6.35. The van der Waals surface area contributed by atoms with Crippen LogP contribution in [0.3, 0.4) is 0 Å². The number of anilines is 2. The van der Waals surface area contributed by atoms with Gasteiger partial charge in [-0.2, -0.15) is 0 Å². The van der Waals surface area contributed by atoms with Crippen molar-refractivity contribution in [3.05, 3.63) is 16.1 Å². The van der Waals surface area contributed by atoms with E-state index in [0.717, 1.165) is 19.3 Å². The fourth-order valence-electron chi connectivity index (χ4n) is 2.73. The molecule has 2 unspecified atom stereocenters. The van der Waals surface area contributed by atoms with Crippen LogP contribution < -0.4 is 16.6 Å². The van der Waals surface area contributed by atoms with Gasteiger partial charge in [0, 0.05) is 6.54 Å². The van der Waals surface area contributed by atoms with Gasteiger partial charge in [0.2, 0.25) is 0 Å². The summed E-state index contributed by atoms with van der Waals surface area (Å²) in [5, 5.41) is 14.4. The number of nitrogens with two attached hydrogens (primary N) is 1. The molecule has 1 saturated carbocycles. The monoisotopic (exact) mass is 318 g/mol. The van der Waals surface area contributed by atoms with Crippen molar-refractivity contribution in [1.29, 1.82) is 0 Å². The van der Waals surface area contributed by atoms with Crippen LogP contribution in [0.1, 0.15) is 32.6 Å². The van der Waals surface area contributed by atoms with Gasteiger partial charge in [0.15, 0.2) is 5.82 Å². The van der Waals surface area contributed by atoms with Crippen molar-refractivity contribution in [3.8, 4) is 0 Å². The van der Waals surface area contributed by atoms with E-state index in [2.05, 4.69) is 22.7 Å². The van der Waals surface area contributed by atoms with Crippen molar-refractivity contribution in [2.45, 2.75) is 38.2 Å². The van der Waals surface area contributed by atoms with Gasteiger partial charge in [0.1, 0.15) is 5.82 Å². The van der Waals surface area contributed by atoms with Crippen molar-refractivity contribution in [1.82, 2.24) is 4.98 Å². The molecule has 5 nitrogen and oxygen atoms in total. The number of pyridine rings is 1. The standard InChI is InChI=1S/C13H20Cl2N4O/c1-8-3-2-4-13(20,6-8)7-17-11-9(14)5-10(15)12(18-11)19-16/h5,8,20H,2-4,6-7,16H2,1H3,(H2,17,18,19). The first-order chi connectivity index (χ1) is 9.43. The second-order valence-electron chi connectivity index (χ2n) is 5.57. The Bertz CT molecular complexity index is 486. The van der Waals surface area contributed by atoms with Crippen molar-refractivity contribution in [2.75, 3.05) is 17.3 Å². The number of aliphatic hydroxyl groups is 1. The molecule has 2 rings (SSSR count). The zero-order valence-electron chi connectivity index (χ0n) is 11.4. The van der Waals surface area contributed by atoms with Gasteiger partial charge in [-0.15, -0.1) is 0 Å². The molecule has 7 heteroatoms. The van der Waals surface area contributed by atoms with Crippen molar-refractivity contribution >= 4 is 34.8 Å². The predicted molar refractivity (Wildman–Crippen MR) is 83.1 cm³/mol. The number of rotatable bonds is 4. The average Bonchev–Trinajstić information content (AvgIpc) is 2.37. The summed E-state index contributed by atoms with van der Waals surface area (Å²) in [6, 6.07) is 1.57. The maximum atomic E-state index is 10.6. The molecule has 2 atom stereocenters. The highest BCUT2D eigenvalue weighted by atomic mass is 35.5. The Morgan fingerprint density at radius 3 is 2.80 bits per heavy atom. The summed E-state index contributed by atoms with van der Waals surface area (Å²) >= 11 is 12.0. The normalized spacial score (nSPS) is 26.4. The molecule has 5 N–H and O–H groups in total. The quantitative estimate of drug-likeness (QED) is 0.506. The summed E-state index contributed by atoms with van der Waals surface area (Å²) in [7, 11) is 0.